The van der Waals surface area contributed by atoms with E-state index in [1.807, 2.05) is 0 Å². The van der Waals surface area contributed by atoms with Crippen LogP contribution >= 0.6 is 12.4 Å². The van der Waals surface area contributed by atoms with Gasteiger partial charge >= 0.3 is 0 Å². The predicted molar refractivity (Wildman–Crippen MR) is 72.0 cm³/mol. The van der Waals surface area contributed by atoms with Crippen LogP contribution in [0, 0.1) is 5.92 Å². The van der Waals surface area contributed by atoms with Crippen molar-refractivity contribution in [3.63, 3.8) is 0 Å². The molecular weight excluding hydrogens is 278 g/mol. The summed E-state index contributed by atoms with van der Waals surface area (Å²) >= 11 is 0. The summed E-state index contributed by atoms with van der Waals surface area (Å²) < 4.78 is 29.1. The van der Waals surface area contributed by atoms with Crippen molar-refractivity contribution < 1.29 is 18.3 Å². The van der Waals surface area contributed by atoms with Gasteiger partial charge < -0.3 is 15.8 Å². The van der Waals surface area contributed by atoms with E-state index in [2.05, 4.69) is 5.32 Å². The van der Waals surface area contributed by atoms with Crippen LogP contribution in [0.2, 0.25) is 0 Å². The Kier molecular flexibility index (Phi) is 8.02. The third kappa shape index (κ3) is 5.85. The number of carbonyl (C=O) groups excluding carboxylic acids is 1. The molecule has 0 fully saturated rings. The molecule has 0 spiro atoms. The molecule has 4 nitrogen and oxygen atoms in total. The zero-order valence-electron chi connectivity index (χ0n) is 10.4. The quantitative estimate of drug-likeness (QED) is 0.846. The molecule has 3 N–H and O–H groups in total. The van der Waals surface area contributed by atoms with Gasteiger partial charge in [-0.05, 0) is 12.1 Å². The Labute approximate surface area is 116 Å². The summed E-state index contributed by atoms with van der Waals surface area (Å²) in [6, 6.07) is 6.42. The fourth-order valence-electron chi connectivity index (χ4n) is 1.21. The lowest BCUT2D eigenvalue weighted by atomic mass is 10.1. The first-order chi connectivity index (χ1) is 8.54. The maximum atomic E-state index is 12.1. The third-order valence-electron chi connectivity index (χ3n) is 2.31. The Morgan fingerprint density at radius 1 is 1.42 bits per heavy atom. The van der Waals surface area contributed by atoms with Gasteiger partial charge in [0.1, 0.15) is 12.4 Å². The standard InChI is InChI=1S/C12H16F2N2O2.ClH/c1-8(6-15)12(17)16-9-4-2-3-5-10(9)18-7-11(13)14;/h2-5,8,11H,6-7,15H2,1H3,(H,16,17);1H. The van der Waals surface area contributed by atoms with Crippen molar-refractivity contribution in [2.45, 2.75) is 13.3 Å². The molecule has 0 aliphatic carbocycles. The lowest BCUT2D eigenvalue weighted by Crippen LogP contribution is -2.27. The van der Waals surface area contributed by atoms with Crippen molar-refractivity contribution >= 4 is 24.0 Å². The maximum absolute atomic E-state index is 12.1. The molecule has 1 aromatic rings. The molecule has 1 amide bonds. The lowest BCUT2D eigenvalue weighted by Gasteiger charge is -2.14. The molecule has 1 atom stereocenters. The van der Waals surface area contributed by atoms with Gasteiger partial charge in [0.15, 0.2) is 0 Å². The van der Waals surface area contributed by atoms with E-state index < -0.39 is 13.0 Å². The Morgan fingerprint density at radius 3 is 2.63 bits per heavy atom. The van der Waals surface area contributed by atoms with Crippen molar-refractivity contribution in [3.05, 3.63) is 24.3 Å². The van der Waals surface area contributed by atoms with Gasteiger partial charge in [-0.2, -0.15) is 0 Å². The SMILES string of the molecule is CC(CN)C(=O)Nc1ccccc1OCC(F)F.Cl. The second-order valence-corrected chi connectivity index (χ2v) is 3.82. The number of alkyl halides is 2. The highest BCUT2D eigenvalue weighted by Gasteiger charge is 2.14. The van der Waals surface area contributed by atoms with Crippen LogP contribution in [0.25, 0.3) is 0 Å². The van der Waals surface area contributed by atoms with Gasteiger partial charge in [0.2, 0.25) is 5.91 Å². The molecule has 0 aliphatic heterocycles. The molecule has 19 heavy (non-hydrogen) atoms. The number of anilines is 1. The predicted octanol–water partition coefficient (Wildman–Crippen LogP) is 2.29. The highest BCUT2D eigenvalue weighted by Crippen LogP contribution is 2.24. The summed E-state index contributed by atoms with van der Waals surface area (Å²) in [5.74, 6) is -0.408. The second-order valence-electron chi connectivity index (χ2n) is 3.82. The van der Waals surface area contributed by atoms with E-state index in [1.165, 1.54) is 6.07 Å². The number of nitrogens with two attached hydrogens (primary N) is 1. The molecule has 0 radical (unpaired) electrons. The number of para-hydroxylation sites is 2. The topological polar surface area (TPSA) is 64.4 Å². The number of carbonyl (C=O) groups is 1. The number of rotatable bonds is 6. The zero-order valence-corrected chi connectivity index (χ0v) is 11.3. The Balaban J connectivity index is 0.00000324. The van der Waals surface area contributed by atoms with Crippen LogP contribution in [0.5, 0.6) is 5.75 Å². The molecule has 1 aromatic carbocycles. The van der Waals surface area contributed by atoms with E-state index in [4.69, 9.17) is 10.5 Å². The molecule has 108 valence electrons. The van der Waals surface area contributed by atoms with Crippen LogP contribution in [0.4, 0.5) is 14.5 Å². The van der Waals surface area contributed by atoms with Crippen molar-refractivity contribution in [1.82, 2.24) is 0 Å². The number of ether oxygens (including phenoxy) is 1. The first kappa shape index (κ1) is 17.6. The Bertz CT molecular complexity index is 405. The van der Waals surface area contributed by atoms with Gasteiger partial charge in [0.25, 0.3) is 6.43 Å². The molecule has 7 heteroatoms. The van der Waals surface area contributed by atoms with Crippen LogP contribution in [0.1, 0.15) is 6.92 Å². The Morgan fingerprint density at radius 2 is 2.05 bits per heavy atom. The summed E-state index contributed by atoms with van der Waals surface area (Å²) in [5.41, 5.74) is 5.74. The van der Waals surface area contributed by atoms with E-state index in [-0.39, 0.29) is 36.5 Å². The largest absolute Gasteiger partial charge is 0.485 e. The summed E-state index contributed by atoms with van der Waals surface area (Å²) in [4.78, 5) is 11.6. The van der Waals surface area contributed by atoms with Crippen molar-refractivity contribution in [1.29, 1.82) is 0 Å². The fourth-order valence-corrected chi connectivity index (χ4v) is 1.21. The van der Waals surface area contributed by atoms with Gasteiger partial charge in [-0.15, -0.1) is 12.4 Å². The molecule has 0 heterocycles. The smallest absolute Gasteiger partial charge is 0.272 e. The molecule has 1 rings (SSSR count). The van der Waals surface area contributed by atoms with Gasteiger partial charge in [-0.3, -0.25) is 4.79 Å². The molecule has 1 unspecified atom stereocenters. The molecular formula is C12H17ClF2N2O2. The normalized spacial score (nSPS) is 11.6. The van der Waals surface area contributed by atoms with Crippen molar-refractivity contribution in [2.75, 3.05) is 18.5 Å². The van der Waals surface area contributed by atoms with Gasteiger partial charge in [0.05, 0.1) is 5.69 Å². The van der Waals surface area contributed by atoms with Crippen LogP contribution in [-0.4, -0.2) is 25.5 Å². The van der Waals surface area contributed by atoms with Gasteiger partial charge in [-0.1, -0.05) is 19.1 Å². The first-order valence-corrected chi connectivity index (χ1v) is 5.55. The van der Waals surface area contributed by atoms with Crippen LogP contribution < -0.4 is 15.8 Å². The summed E-state index contributed by atoms with van der Waals surface area (Å²) in [6.07, 6.45) is -2.56. The van der Waals surface area contributed by atoms with E-state index in [9.17, 15) is 13.6 Å². The minimum absolute atomic E-state index is 0. The molecule has 0 aromatic heterocycles. The number of hydrogen-bond acceptors (Lipinski definition) is 3. The summed E-state index contributed by atoms with van der Waals surface area (Å²) in [6.45, 7) is 1.18. The highest BCUT2D eigenvalue weighted by molar-refractivity contribution is 5.93. The minimum Gasteiger partial charge on any atom is -0.485 e. The number of nitrogens with one attached hydrogen (secondary N) is 1. The van der Waals surface area contributed by atoms with E-state index in [0.29, 0.717) is 5.69 Å². The van der Waals surface area contributed by atoms with Crippen molar-refractivity contribution in [3.8, 4) is 5.75 Å². The first-order valence-electron chi connectivity index (χ1n) is 5.55. The van der Waals surface area contributed by atoms with Crippen LogP contribution in [0.15, 0.2) is 24.3 Å². The highest BCUT2D eigenvalue weighted by atomic mass is 35.5. The summed E-state index contributed by atoms with van der Waals surface area (Å²) in [7, 11) is 0. The van der Waals surface area contributed by atoms with Crippen molar-refractivity contribution in [2.24, 2.45) is 11.7 Å². The van der Waals surface area contributed by atoms with E-state index in [0.717, 1.165) is 0 Å². The Hall–Kier alpha value is -1.40. The fraction of sp³-hybridized carbons (Fsp3) is 0.417. The van der Waals surface area contributed by atoms with Gasteiger partial charge in [0, 0.05) is 12.5 Å². The molecule has 0 aliphatic rings. The average Bonchev–Trinajstić information content (AvgIpc) is 2.36. The molecule has 0 saturated carbocycles. The van der Waals surface area contributed by atoms with E-state index >= 15 is 0 Å². The zero-order chi connectivity index (χ0) is 13.5. The number of hydrogen-bond donors (Lipinski definition) is 2. The second kappa shape index (κ2) is 8.66. The number of amides is 1. The minimum atomic E-state index is -2.56. The number of halogens is 3. The van der Waals surface area contributed by atoms with Crippen LogP contribution in [-0.2, 0) is 4.79 Å². The number of benzene rings is 1. The maximum Gasteiger partial charge on any atom is 0.272 e. The molecule has 0 saturated heterocycles. The lowest BCUT2D eigenvalue weighted by molar-refractivity contribution is -0.119. The third-order valence-corrected chi connectivity index (χ3v) is 2.31. The van der Waals surface area contributed by atoms with Gasteiger partial charge in [-0.25, -0.2) is 8.78 Å². The molecule has 0 bridgehead atoms. The average molecular weight is 295 g/mol. The van der Waals surface area contributed by atoms with E-state index in [1.54, 1.807) is 25.1 Å². The monoisotopic (exact) mass is 294 g/mol. The summed E-state index contributed by atoms with van der Waals surface area (Å²) in [5, 5.41) is 2.60. The van der Waals surface area contributed by atoms with Crippen LogP contribution in [0.3, 0.4) is 0 Å².